The van der Waals surface area contributed by atoms with Gasteiger partial charge in [0.1, 0.15) is 0 Å². The van der Waals surface area contributed by atoms with E-state index in [1.54, 1.807) is 0 Å². The molecule has 1 saturated carbocycles. The summed E-state index contributed by atoms with van der Waals surface area (Å²) in [6.07, 6.45) is -3.06. The Bertz CT molecular complexity index is 488. The molecular formula is C11H8F3NO. The number of fused-ring (bicyclic) bond motifs is 2. The maximum Gasteiger partial charge on any atom is 0.416 e. The number of benzene rings is 1. The van der Waals surface area contributed by atoms with Crippen molar-refractivity contribution >= 4 is 11.6 Å². The lowest BCUT2D eigenvalue weighted by atomic mass is 9.96. The topological polar surface area (TPSA) is 29.1 Å². The molecule has 1 aliphatic carbocycles. The number of rotatable bonds is 0. The van der Waals surface area contributed by atoms with Gasteiger partial charge in [0.25, 0.3) is 0 Å². The van der Waals surface area contributed by atoms with Gasteiger partial charge in [-0.05, 0) is 36.6 Å². The van der Waals surface area contributed by atoms with Gasteiger partial charge in [-0.15, -0.1) is 0 Å². The van der Waals surface area contributed by atoms with E-state index in [1.165, 1.54) is 6.07 Å². The second kappa shape index (κ2) is 2.59. The van der Waals surface area contributed by atoms with E-state index < -0.39 is 17.2 Å². The van der Waals surface area contributed by atoms with Gasteiger partial charge in [-0.25, -0.2) is 0 Å². The van der Waals surface area contributed by atoms with Crippen LogP contribution in [-0.2, 0) is 16.4 Å². The van der Waals surface area contributed by atoms with E-state index >= 15 is 0 Å². The molecule has 0 saturated heterocycles. The average molecular weight is 227 g/mol. The molecule has 0 atom stereocenters. The Morgan fingerprint density at radius 3 is 2.50 bits per heavy atom. The fourth-order valence-corrected chi connectivity index (χ4v) is 2.21. The molecule has 5 heteroatoms. The molecular weight excluding hydrogens is 219 g/mol. The SMILES string of the molecule is O=C1Nc2ccc(C(F)(F)F)cc2C12CC2. The average Bonchev–Trinajstić information content (AvgIpc) is 2.92. The summed E-state index contributed by atoms with van der Waals surface area (Å²) in [7, 11) is 0. The quantitative estimate of drug-likeness (QED) is 0.725. The molecule has 3 rings (SSSR count). The van der Waals surface area contributed by atoms with Crippen LogP contribution in [0.25, 0.3) is 0 Å². The van der Waals surface area contributed by atoms with Gasteiger partial charge < -0.3 is 5.32 Å². The van der Waals surface area contributed by atoms with Crippen molar-refractivity contribution in [3.63, 3.8) is 0 Å². The summed E-state index contributed by atoms with van der Waals surface area (Å²) in [6.45, 7) is 0. The van der Waals surface area contributed by atoms with Crippen molar-refractivity contribution in [2.75, 3.05) is 5.32 Å². The first-order valence-electron chi connectivity index (χ1n) is 4.97. The number of carbonyl (C=O) groups excluding carboxylic acids is 1. The number of hydrogen-bond donors (Lipinski definition) is 1. The summed E-state index contributed by atoms with van der Waals surface area (Å²) in [5.41, 5.74) is -0.312. The predicted molar refractivity (Wildman–Crippen MR) is 51.0 cm³/mol. The number of amides is 1. The van der Waals surface area contributed by atoms with Crippen molar-refractivity contribution in [3.05, 3.63) is 29.3 Å². The van der Waals surface area contributed by atoms with Crippen LogP contribution >= 0.6 is 0 Å². The normalized spacial score (nSPS) is 20.8. The van der Waals surface area contributed by atoms with Crippen molar-refractivity contribution in [1.82, 2.24) is 0 Å². The summed E-state index contributed by atoms with van der Waals surface area (Å²) in [4.78, 5) is 11.6. The molecule has 1 aromatic rings. The zero-order chi connectivity index (χ0) is 11.6. The van der Waals surface area contributed by atoms with Crippen molar-refractivity contribution in [2.24, 2.45) is 0 Å². The molecule has 84 valence electrons. The zero-order valence-corrected chi connectivity index (χ0v) is 8.19. The van der Waals surface area contributed by atoms with Gasteiger partial charge in [-0.3, -0.25) is 4.79 Å². The van der Waals surface area contributed by atoms with Gasteiger partial charge in [0, 0.05) is 5.69 Å². The van der Waals surface area contributed by atoms with Gasteiger partial charge in [-0.2, -0.15) is 13.2 Å². The molecule has 0 aromatic heterocycles. The van der Waals surface area contributed by atoms with Crippen LogP contribution in [0.4, 0.5) is 18.9 Å². The van der Waals surface area contributed by atoms with Gasteiger partial charge in [0.15, 0.2) is 0 Å². The van der Waals surface area contributed by atoms with E-state index in [2.05, 4.69) is 5.32 Å². The van der Waals surface area contributed by atoms with Crippen LogP contribution in [0.15, 0.2) is 18.2 Å². The number of hydrogen-bond acceptors (Lipinski definition) is 1. The van der Waals surface area contributed by atoms with Crippen molar-refractivity contribution < 1.29 is 18.0 Å². The van der Waals surface area contributed by atoms with Crippen molar-refractivity contribution in [1.29, 1.82) is 0 Å². The molecule has 1 fully saturated rings. The standard InChI is InChI=1S/C11H8F3NO/c12-11(13,14)6-1-2-8-7(5-6)10(3-4-10)9(16)15-8/h1-2,5H,3-4H2,(H,15,16). The van der Waals surface area contributed by atoms with E-state index in [4.69, 9.17) is 0 Å². The second-order valence-corrected chi connectivity index (χ2v) is 4.29. The first-order valence-corrected chi connectivity index (χ1v) is 4.97. The third-order valence-corrected chi connectivity index (χ3v) is 3.30. The molecule has 1 aromatic carbocycles. The number of anilines is 1. The van der Waals surface area contributed by atoms with Crippen LogP contribution in [0.1, 0.15) is 24.0 Å². The van der Waals surface area contributed by atoms with Gasteiger partial charge >= 0.3 is 6.18 Å². The summed E-state index contributed by atoms with van der Waals surface area (Å²) in [5.74, 6) is -0.165. The van der Waals surface area contributed by atoms with Crippen molar-refractivity contribution in [3.8, 4) is 0 Å². The third kappa shape index (κ3) is 1.11. The fraction of sp³-hybridized carbons (Fsp3) is 0.364. The maximum absolute atomic E-state index is 12.5. The Balaban J connectivity index is 2.14. The highest BCUT2D eigenvalue weighted by atomic mass is 19.4. The minimum Gasteiger partial charge on any atom is -0.325 e. The molecule has 1 N–H and O–H groups in total. The van der Waals surface area contributed by atoms with Crippen LogP contribution in [0, 0.1) is 0 Å². The summed E-state index contributed by atoms with van der Waals surface area (Å²) < 4.78 is 37.6. The molecule has 1 aliphatic heterocycles. The van der Waals surface area contributed by atoms with E-state index in [9.17, 15) is 18.0 Å². The third-order valence-electron chi connectivity index (χ3n) is 3.30. The molecule has 1 heterocycles. The molecule has 1 spiro atoms. The first-order chi connectivity index (χ1) is 7.43. The predicted octanol–water partition coefficient (Wildman–Crippen LogP) is 2.69. The van der Waals surface area contributed by atoms with E-state index in [0.29, 0.717) is 24.1 Å². The largest absolute Gasteiger partial charge is 0.416 e. The minimum atomic E-state index is -4.35. The van der Waals surface area contributed by atoms with Crippen LogP contribution in [0.5, 0.6) is 0 Å². The molecule has 0 bridgehead atoms. The smallest absolute Gasteiger partial charge is 0.325 e. The minimum absolute atomic E-state index is 0.165. The number of halogens is 3. The van der Waals surface area contributed by atoms with E-state index in [-0.39, 0.29) is 5.91 Å². The van der Waals surface area contributed by atoms with Gasteiger partial charge in [-0.1, -0.05) is 0 Å². The van der Waals surface area contributed by atoms with Gasteiger partial charge in [0.2, 0.25) is 5.91 Å². The second-order valence-electron chi connectivity index (χ2n) is 4.29. The molecule has 0 unspecified atom stereocenters. The summed E-state index contributed by atoms with van der Waals surface area (Å²) in [6, 6.07) is 3.43. The highest BCUT2D eigenvalue weighted by Crippen LogP contribution is 2.55. The van der Waals surface area contributed by atoms with Crippen LogP contribution in [0.3, 0.4) is 0 Å². The fourth-order valence-electron chi connectivity index (χ4n) is 2.21. The Morgan fingerprint density at radius 1 is 1.25 bits per heavy atom. The zero-order valence-electron chi connectivity index (χ0n) is 8.19. The molecule has 16 heavy (non-hydrogen) atoms. The highest BCUT2D eigenvalue weighted by Gasteiger charge is 2.56. The molecule has 2 aliphatic rings. The molecule has 0 radical (unpaired) electrons. The van der Waals surface area contributed by atoms with Crippen LogP contribution < -0.4 is 5.32 Å². The lowest BCUT2D eigenvalue weighted by Crippen LogP contribution is -2.18. The lowest BCUT2D eigenvalue weighted by Gasteiger charge is -2.10. The monoisotopic (exact) mass is 227 g/mol. The highest BCUT2D eigenvalue weighted by molar-refractivity contribution is 6.08. The summed E-state index contributed by atoms with van der Waals surface area (Å²) in [5, 5.41) is 2.62. The Labute approximate surface area is 89.5 Å². The lowest BCUT2D eigenvalue weighted by molar-refractivity contribution is -0.137. The molecule has 1 amide bonds. The van der Waals surface area contributed by atoms with Crippen LogP contribution in [0.2, 0.25) is 0 Å². The summed E-state index contributed by atoms with van der Waals surface area (Å²) >= 11 is 0. The Kier molecular flexibility index (Phi) is 1.57. The van der Waals surface area contributed by atoms with Crippen LogP contribution in [-0.4, -0.2) is 5.91 Å². The Hall–Kier alpha value is -1.52. The first kappa shape index (κ1) is 9.69. The Morgan fingerprint density at radius 2 is 1.94 bits per heavy atom. The van der Waals surface area contributed by atoms with E-state index in [1.807, 2.05) is 0 Å². The number of carbonyl (C=O) groups is 1. The van der Waals surface area contributed by atoms with Gasteiger partial charge in [0.05, 0.1) is 11.0 Å². The molecule has 2 nitrogen and oxygen atoms in total. The maximum atomic E-state index is 12.5. The number of nitrogens with one attached hydrogen (secondary N) is 1. The van der Waals surface area contributed by atoms with Crippen molar-refractivity contribution in [2.45, 2.75) is 24.4 Å². The van der Waals surface area contributed by atoms with E-state index in [0.717, 1.165) is 12.1 Å². The number of alkyl halides is 3.